The molecule has 9 heteroatoms. The normalized spacial score (nSPS) is 13.0. The van der Waals surface area contributed by atoms with E-state index in [2.05, 4.69) is 0 Å². The number of unbranched alkanes of at least 4 members (excludes halogenated alkanes) is 10. The first-order valence-corrected chi connectivity index (χ1v) is 10.5. The molecule has 0 N–H and O–H groups in total. The molecule has 174 valence electrons. The molecule has 0 saturated heterocycles. The van der Waals surface area contributed by atoms with Gasteiger partial charge >= 0.3 is 18.0 Å². The van der Waals surface area contributed by atoms with Crippen LogP contribution in [0.2, 0.25) is 0 Å². The lowest BCUT2D eigenvalue weighted by Gasteiger charge is -2.32. The Kier molecular flexibility index (Phi) is 12.8. The predicted octanol–water partition coefficient (Wildman–Crippen LogP) is 7.37. The number of alkyl halides is 7. The van der Waals surface area contributed by atoms with Crippen molar-refractivity contribution in [1.82, 2.24) is 4.90 Å². The van der Waals surface area contributed by atoms with E-state index in [1.807, 2.05) is 13.8 Å². The second kappa shape index (κ2) is 13.3. The van der Waals surface area contributed by atoms with Gasteiger partial charge in [0.15, 0.2) is 0 Å². The molecule has 0 aliphatic carbocycles. The highest BCUT2D eigenvalue weighted by Gasteiger charge is 2.76. The van der Waals surface area contributed by atoms with E-state index < -0.39 is 23.9 Å². The summed E-state index contributed by atoms with van der Waals surface area (Å²) in [6.07, 6.45) is 2.70. The van der Waals surface area contributed by atoms with Crippen molar-refractivity contribution in [1.29, 1.82) is 0 Å². The molecule has 0 aromatic carbocycles. The molecule has 2 nitrogen and oxygen atoms in total. The summed E-state index contributed by atoms with van der Waals surface area (Å²) >= 11 is 0. The van der Waals surface area contributed by atoms with Crippen LogP contribution in [0.15, 0.2) is 0 Å². The summed E-state index contributed by atoms with van der Waals surface area (Å²) in [7, 11) is 0. The zero-order chi connectivity index (χ0) is 22.6. The molecule has 0 aliphatic rings. The second-order valence-corrected chi connectivity index (χ2v) is 7.47. The SMILES string of the molecule is CCCCCCCCN(CCCCCCCC)C(=O)C(F)(F)C(F)(F)C(F)(F)F. The summed E-state index contributed by atoms with van der Waals surface area (Å²) in [5, 5.41) is 0. The maximum Gasteiger partial charge on any atom is 0.460 e. The van der Waals surface area contributed by atoms with Crippen molar-refractivity contribution in [3.8, 4) is 0 Å². The van der Waals surface area contributed by atoms with Gasteiger partial charge in [-0.3, -0.25) is 4.79 Å². The summed E-state index contributed by atoms with van der Waals surface area (Å²) in [6, 6.07) is 0. The Morgan fingerprint density at radius 2 is 0.966 bits per heavy atom. The summed E-state index contributed by atoms with van der Waals surface area (Å²) in [4.78, 5) is 12.5. The molecular formula is C20H34F7NO. The summed E-state index contributed by atoms with van der Waals surface area (Å²) in [6.45, 7) is 3.54. The van der Waals surface area contributed by atoms with Gasteiger partial charge in [-0.25, -0.2) is 0 Å². The minimum atomic E-state index is -6.50. The second-order valence-electron chi connectivity index (χ2n) is 7.47. The van der Waals surface area contributed by atoms with Crippen LogP contribution in [-0.4, -0.2) is 41.9 Å². The maximum absolute atomic E-state index is 13.8. The highest BCUT2D eigenvalue weighted by molar-refractivity contribution is 5.84. The standard InChI is InChI=1S/C20H34F7NO/c1-3-5-7-9-11-13-15-28(16-14-12-10-8-6-4-2)17(29)18(21,22)19(23,24)20(25,26)27/h3-16H2,1-2H3. The van der Waals surface area contributed by atoms with Gasteiger partial charge in [-0.1, -0.05) is 78.1 Å². The molecule has 0 spiro atoms. The summed E-state index contributed by atoms with van der Waals surface area (Å²) in [5.41, 5.74) is 0. The molecule has 29 heavy (non-hydrogen) atoms. The number of nitrogens with zero attached hydrogens (tertiary/aromatic N) is 1. The fraction of sp³-hybridized carbons (Fsp3) is 0.950. The van der Waals surface area contributed by atoms with Crippen molar-refractivity contribution >= 4 is 5.91 Å². The van der Waals surface area contributed by atoms with E-state index in [-0.39, 0.29) is 13.1 Å². The van der Waals surface area contributed by atoms with Gasteiger partial charge in [-0.15, -0.1) is 0 Å². The van der Waals surface area contributed by atoms with Crippen LogP contribution in [-0.2, 0) is 4.79 Å². The molecule has 0 aromatic rings. The Morgan fingerprint density at radius 1 is 0.621 bits per heavy atom. The van der Waals surface area contributed by atoms with Gasteiger partial charge in [0.1, 0.15) is 0 Å². The maximum atomic E-state index is 13.8. The number of hydrogen-bond donors (Lipinski definition) is 0. The van der Waals surface area contributed by atoms with Crippen molar-refractivity contribution in [3.05, 3.63) is 0 Å². The number of carbonyl (C=O) groups is 1. The summed E-state index contributed by atoms with van der Waals surface area (Å²) in [5.74, 6) is -14.7. The Balaban J connectivity index is 4.97. The molecule has 0 heterocycles. The number of hydrogen-bond acceptors (Lipinski definition) is 1. The molecule has 0 radical (unpaired) electrons. The van der Waals surface area contributed by atoms with Gasteiger partial charge < -0.3 is 4.90 Å². The molecule has 0 rings (SSSR count). The third kappa shape index (κ3) is 9.11. The third-order valence-corrected chi connectivity index (χ3v) is 4.87. The van der Waals surface area contributed by atoms with Crippen LogP contribution in [0, 0.1) is 0 Å². The van der Waals surface area contributed by atoms with Crippen LogP contribution in [0.5, 0.6) is 0 Å². The van der Waals surface area contributed by atoms with Crippen LogP contribution >= 0.6 is 0 Å². The number of rotatable bonds is 16. The third-order valence-electron chi connectivity index (χ3n) is 4.87. The average Bonchev–Trinajstić information content (AvgIpc) is 2.63. The van der Waals surface area contributed by atoms with Gasteiger partial charge in [-0.05, 0) is 12.8 Å². The zero-order valence-electron chi connectivity index (χ0n) is 17.4. The van der Waals surface area contributed by atoms with Crippen molar-refractivity contribution in [2.45, 2.75) is 109 Å². The lowest BCUT2D eigenvalue weighted by molar-refractivity contribution is -0.345. The van der Waals surface area contributed by atoms with Crippen molar-refractivity contribution in [2.24, 2.45) is 0 Å². The van der Waals surface area contributed by atoms with Crippen LogP contribution in [0.25, 0.3) is 0 Å². The van der Waals surface area contributed by atoms with E-state index in [1.165, 1.54) is 0 Å². The molecule has 0 aromatic heterocycles. The Labute approximate surface area is 169 Å². The number of amides is 1. The Bertz CT molecular complexity index is 437. The molecular weight excluding hydrogens is 403 g/mol. The van der Waals surface area contributed by atoms with Crippen molar-refractivity contribution in [3.63, 3.8) is 0 Å². The van der Waals surface area contributed by atoms with E-state index in [0.717, 1.165) is 51.4 Å². The molecule has 0 unspecified atom stereocenters. The monoisotopic (exact) mass is 437 g/mol. The van der Waals surface area contributed by atoms with Gasteiger partial charge in [0, 0.05) is 13.1 Å². The smallest absolute Gasteiger partial charge is 0.337 e. The first-order valence-electron chi connectivity index (χ1n) is 10.5. The quantitative estimate of drug-likeness (QED) is 0.182. The van der Waals surface area contributed by atoms with Crippen LogP contribution in [0.1, 0.15) is 90.9 Å². The van der Waals surface area contributed by atoms with E-state index in [9.17, 15) is 35.5 Å². The molecule has 0 aliphatic heterocycles. The van der Waals surface area contributed by atoms with Gasteiger partial charge in [0.2, 0.25) is 0 Å². The molecule has 0 bridgehead atoms. The van der Waals surface area contributed by atoms with Gasteiger partial charge in [0.25, 0.3) is 5.91 Å². The van der Waals surface area contributed by atoms with Gasteiger partial charge in [-0.2, -0.15) is 30.7 Å². The summed E-state index contributed by atoms with van der Waals surface area (Å²) < 4.78 is 91.4. The number of carbonyl (C=O) groups excluding carboxylic acids is 1. The minimum absolute atomic E-state index is 0.247. The van der Waals surface area contributed by atoms with E-state index >= 15 is 0 Å². The van der Waals surface area contributed by atoms with E-state index in [0.29, 0.717) is 30.6 Å². The first-order chi connectivity index (χ1) is 13.4. The average molecular weight is 437 g/mol. The predicted molar refractivity (Wildman–Crippen MR) is 99.3 cm³/mol. The lowest BCUT2D eigenvalue weighted by Crippen LogP contribution is -2.60. The molecule has 1 amide bonds. The molecule has 0 fully saturated rings. The lowest BCUT2D eigenvalue weighted by atomic mass is 10.1. The number of halogens is 7. The van der Waals surface area contributed by atoms with Crippen LogP contribution in [0.4, 0.5) is 30.7 Å². The fourth-order valence-electron chi connectivity index (χ4n) is 2.99. The van der Waals surface area contributed by atoms with Crippen LogP contribution in [0.3, 0.4) is 0 Å². The zero-order valence-corrected chi connectivity index (χ0v) is 17.4. The van der Waals surface area contributed by atoms with Crippen molar-refractivity contribution < 1.29 is 35.5 Å². The highest BCUT2D eigenvalue weighted by Crippen LogP contribution is 2.47. The highest BCUT2D eigenvalue weighted by atomic mass is 19.4. The van der Waals surface area contributed by atoms with E-state index in [4.69, 9.17) is 0 Å². The van der Waals surface area contributed by atoms with E-state index in [1.54, 1.807) is 0 Å². The fourth-order valence-corrected chi connectivity index (χ4v) is 2.99. The topological polar surface area (TPSA) is 20.3 Å². The minimum Gasteiger partial charge on any atom is -0.337 e. The Morgan fingerprint density at radius 3 is 1.31 bits per heavy atom. The van der Waals surface area contributed by atoms with Crippen LogP contribution < -0.4 is 0 Å². The largest absolute Gasteiger partial charge is 0.460 e. The van der Waals surface area contributed by atoms with Gasteiger partial charge in [0.05, 0.1) is 0 Å². The molecule has 0 saturated carbocycles. The first kappa shape index (κ1) is 28.0. The molecule has 0 atom stereocenters. The Hall–Kier alpha value is -1.02. The van der Waals surface area contributed by atoms with Crippen molar-refractivity contribution in [2.75, 3.05) is 13.1 Å².